The van der Waals surface area contributed by atoms with Crippen LogP contribution in [0.4, 0.5) is 5.69 Å². The molecule has 0 saturated heterocycles. The van der Waals surface area contributed by atoms with Gasteiger partial charge in [0.05, 0.1) is 21.8 Å². The highest BCUT2D eigenvalue weighted by Crippen LogP contribution is 2.22. The zero-order valence-corrected chi connectivity index (χ0v) is 16.3. The van der Waals surface area contributed by atoms with Gasteiger partial charge in [0.2, 0.25) is 0 Å². The van der Waals surface area contributed by atoms with E-state index in [4.69, 9.17) is 4.42 Å². The lowest BCUT2D eigenvalue weighted by Gasteiger charge is -2.16. The van der Waals surface area contributed by atoms with Crippen molar-refractivity contribution in [3.63, 3.8) is 0 Å². The van der Waals surface area contributed by atoms with Crippen LogP contribution < -0.4 is 0 Å². The number of non-ortho nitro benzene ring substituents is 1. The maximum absolute atomic E-state index is 12.8. The molecule has 0 unspecified atom stereocenters. The van der Waals surface area contributed by atoms with Crippen molar-refractivity contribution in [3.05, 3.63) is 93.9 Å². The third-order valence-electron chi connectivity index (χ3n) is 4.28. The molecule has 0 aliphatic rings. The van der Waals surface area contributed by atoms with E-state index in [1.165, 1.54) is 54.6 Å². The third kappa shape index (κ3) is 4.69. The van der Waals surface area contributed by atoms with Gasteiger partial charge in [-0.1, -0.05) is 30.3 Å². The molecule has 1 aromatic heterocycles. The Morgan fingerprint density at radius 2 is 1.83 bits per heavy atom. The Bertz CT molecular complexity index is 1140. The van der Waals surface area contributed by atoms with Gasteiger partial charge in [-0.25, -0.2) is 8.42 Å². The number of carbonyl (C=O) groups is 1. The molecule has 0 atom stereocenters. The van der Waals surface area contributed by atoms with Crippen LogP contribution in [-0.2, 0) is 22.1 Å². The van der Waals surface area contributed by atoms with Gasteiger partial charge in [0.15, 0.2) is 15.6 Å². The molecule has 0 N–H and O–H groups in total. The lowest BCUT2D eigenvalue weighted by atomic mass is 10.2. The summed E-state index contributed by atoms with van der Waals surface area (Å²) in [7, 11) is -2.13. The minimum absolute atomic E-state index is 0.0718. The summed E-state index contributed by atoms with van der Waals surface area (Å²) in [5.74, 6) is -0.962. The fraction of sp³-hybridized carbons (Fsp3) is 0.150. The summed E-state index contributed by atoms with van der Waals surface area (Å²) < 4.78 is 30.5. The van der Waals surface area contributed by atoms with Gasteiger partial charge in [-0.05, 0) is 23.8 Å². The number of hydrogen-bond acceptors (Lipinski definition) is 6. The molecule has 9 heteroatoms. The summed E-state index contributed by atoms with van der Waals surface area (Å²) in [6.07, 6.45) is 1.27. The lowest BCUT2D eigenvalue weighted by molar-refractivity contribution is -0.384. The number of nitro groups is 1. The molecule has 150 valence electrons. The molecule has 29 heavy (non-hydrogen) atoms. The molecule has 0 spiro atoms. The number of nitrogens with zero attached hydrogens (tertiary/aromatic N) is 2. The smallest absolute Gasteiger partial charge is 0.289 e. The van der Waals surface area contributed by atoms with Gasteiger partial charge < -0.3 is 9.32 Å². The fourth-order valence-corrected chi connectivity index (χ4v) is 4.22. The normalized spacial score (nSPS) is 11.2. The van der Waals surface area contributed by atoms with E-state index in [0.29, 0.717) is 5.56 Å². The number of rotatable bonds is 7. The molecular formula is C20H18N2O6S. The van der Waals surface area contributed by atoms with E-state index in [1.54, 1.807) is 24.3 Å². The maximum atomic E-state index is 12.8. The second-order valence-electron chi connectivity index (χ2n) is 6.44. The van der Waals surface area contributed by atoms with Crippen molar-refractivity contribution in [2.45, 2.75) is 17.2 Å². The van der Waals surface area contributed by atoms with Crippen molar-refractivity contribution in [1.29, 1.82) is 0 Å². The van der Waals surface area contributed by atoms with Crippen LogP contribution in [-0.4, -0.2) is 31.2 Å². The zero-order chi connectivity index (χ0) is 21.0. The fourth-order valence-electron chi connectivity index (χ4n) is 2.84. The Balaban J connectivity index is 1.78. The first-order valence-electron chi connectivity index (χ1n) is 8.61. The molecule has 0 saturated carbocycles. The molecule has 3 rings (SSSR count). The highest BCUT2D eigenvalue weighted by molar-refractivity contribution is 7.90. The maximum Gasteiger partial charge on any atom is 0.289 e. The first-order chi connectivity index (χ1) is 13.8. The summed E-state index contributed by atoms with van der Waals surface area (Å²) in [6, 6.07) is 15.4. The average molecular weight is 414 g/mol. The van der Waals surface area contributed by atoms with Crippen LogP contribution in [0.25, 0.3) is 0 Å². The summed E-state index contributed by atoms with van der Waals surface area (Å²) in [5.41, 5.74) is 0.751. The van der Waals surface area contributed by atoms with Crippen LogP contribution in [0.2, 0.25) is 0 Å². The molecule has 0 bridgehead atoms. The molecule has 2 aromatic carbocycles. The average Bonchev–Trinajstić information content (AvgIpc) is 3.15. The molecule has 0 radical (unpaired) electrons. The summed E-state index contributed by atoms with van der Waals surface area (Å²) in [5, 5.41) is 10.9. The number of sulfone groups is 1. The highest BCUT2D eigenvalue weighted by Gasteiger charge is 2.24. The summed E-state index contributed by atoms with van der Waals surface area (Å²) in [4.78, 5) is 24.6. The highest BCUT2D eigenvalue weighted by atomic mass is 32.2. The zero-order valence-electron chi connectivity index (χ0n) is 15.5. The van der Waals surface area contributed by atoms with Gasteiger partial charge in [0.25, 0.3) is 11.6 Å². The minimum Gasteiger partial charge on any atom is -0.459 e. The van der Waals surface area contributed by atoms with E-state index in [1.807, 2.05) is 0 Å². The van der Waals surface area contributed by atoms with Crippen LogP contribution >= 0.6 is 0 Å². The Kier molecular flexibility index (Phi) is 5.79. The van der Waals surface area contributed by atoms with Gasteiger partial charge in [-0.15, -0.1) is 0 Å². The summed E-state index contributed by atoms with van der Waals surface area (Å²) in [6.45, 7) is 0.103. The Morgan fingerprint density at radius 3 is 2.52 bits per heavy atom. The van der Waals surface area contributed by atoms with Crippen LogP contribution in [0.5, 0.6) is 0 Å². The van der Waals surface area contributed by atoms with Crippen molar-refractivity contribution in [1.82, 2.24) is 4.90 Å². The summed E-state index contributed by atoms with van der Waals surface area (Å²) >= 11 is 0. The Labute approximate surface area is 167 Å². The second kappa shape index (κ2) is 8.27. The van der Waals surface area contributed by atoms with Gasteiger partial charge in [-0.3, -0.25) is 14.9 Å². The first kappa shape index (κ1) is 20.3. The van der Waals surface area contributed by atoms with Gasteiger partial charge in [-0.2, -0.15) is 0 Å². The van der Waals surface area contributed by atoms with Crippen molar-refractivity contribution in [2.24, 2.45) is 0 Å². The van der Waals surface area contributed by atoms with E-state index in [2.05, 4.69) is 0 Å². The number of benzene rings is 2. The van der Waals surface area contributed by atoms with Crippen molar-refractivity contribution in [2.75, 3.05) is 7.05 Å². The van der Waals surface area contributed by atoms with Crippen LogP contribution in [0, 0.1) is 10.1 Å². The number of furan rings is 1. The molecule has 8 nitrogen and oxygen atoms in total. The van der Waals surface area contributed by atoms with E-state index in [9.17, 15) is 23.3 Å². The number of amides is 1. The number of hydrogen-bond donors (Lipinski definition) is 0. The van der Waals surface area contributed by atoms with Crippen LogP contribution in [0.15, 0.2) is 76.2 Å². The Morgan fingerprint density at radius 1 is 1.10 bits per heavy atom. The molecule has 0 aliphatic carbocycles. The molecule has 1 amide bonds. The van der Waals surface area contributed by atoms with Crippen molar-refractivity contribution in [3.8, 4) is 0 Å². The quantitative estimate of drug-likeness (QED) is 0.433. The van der Waals surface area contributed by atoms with E-state index < -0.39 is 20.7 Å². The molecule has 0 fully saturated rings. The monoisotopic (exact) mass is 414 g/mol. The van der Waals surface area contributed by atoms with Crippen molar-refractivity contribution >= 4 is 21.4 Å². The first-order valence-corrected chi connectivity index (χ1v) is 10.3. The molecule has 0 aliphatic heterocycles. The third-order valence-corrected chi connectivity index (χ3v) is 5.96. The van der Waals surface area contributed by atoms with E-state index >= 15 is 0 Å². The van der Waals surface area contributed by atoms with E-state index in [-0.39, 0.29) is 34.2 Å². The topological polar surface area (TPSA) is 111 Å². The largest absolute Gasteiger partial charge is 0.459 e. The predicted molar refractivity (Wildman–Crippen MR) is 105 cm³/mol. The Hall–Kier alpha value is -3.46. The second-order valence-corrected chi connectivity index (χ2v) is 8.42. The standard InChI is InChI=1S/C20H18N2O6S/c1-21(13-15-6-5-7-17(12-15)22(24)25)20(23)19-16(10-11-28-19)14-29(26,27)18-8-3-2-4-9-18/h2-12H,13-14H2,1H3. The van der Waals surface area contributed by atoms with Crippen molar-refractivity contribution < 1.29 is 22.6 Å². The van der Waals surface area contributed by atoms with E-state index in [0.717, 1.165) is 0 Å². The van der Waals surface area contributed by atoms with Gasteiger partial charge >= 0.3 is 0 Å². The number of carbonyl (C=O) groups excluding carboxylic acids is 1. The van der Waals surface area contributed by atoms with Crippen LogP contribution in [0.3, 0.4) is 0 Å². The lowest BCUT2D eigenvalue weighted by Crippen LogP contribution is -2.27. The number of nitro benzene ring substituents is 1. The van der Waals surface area contributed by atoms with Gasteiger partial charge in [0, 0.05) is 31.3 Å². The SMILES string of the molecule is CN(Cc1cccc([N+](=O)[O-])c1)C(=O)c1occc1CS(=O)(=O)c1ccccc1. The molecule has 1 heterocycles. The minimum atomic E-state index is -3.64. The van der Waals surface area contributed by atoms with Crippen LogP contribution in [0.1, 0.15) is 21.7 Å². The molecular weight excluding hydrogens is 396 g/mol. The van der Waals surface area contributed by atoms with Gasteiger partial charge in [0.1, 0.15) is 0 Å². The predicted octanol–water partition coefficient (Wildman–Crippen LogP) is 3.43. The molecule has 3 aromatic rings.